The van der Waals surface area contributed by atoms with Gasteiger partial charge in [-0.15, -0.1) is 11.3 Å². The second-order valence-electron chi connectivity index (χ2n) is 8.65. The summed E-state index contributed by atoms with van der Waals surface area (Å²) in [5.74, 6) is 0.0524. The van der Waals surface area contributed by atoms with Gasteiger partial charge in [-0.25, -0.2) is 4.39 Å². The molecule has 2 amide bonds. The first-order chi connectivity index (χ1) is 16.9. The van der Waals surface area contributed by atoms with E-state index in [1.807, 2.05) is 43.5 Å². The van der Waals surface area contributed by atoms with Crippen molar-refractivity contribution >= 4 is 23.2 Å². The van der Waals surface area contributed by atoms with Gasteiger partial charge in [0.15, 0.2) is 0 Å². The van der Waals surface area contributed by atoms with Crippen molar-refractivity contribution in [3.63, 3.8) is 0 Å². The van der Waals surface area contributed by atoms with Crippen LogP contribution in [-0.2, 0) is 11.2 Å². The molecule has 8 heteroatoms. The van der Waals surface area contributed by atoms with Crippen LogP contribution in [0.25, 0.3) is 0 Å². The SMILES string of the molecule is COc1cccc(OC[C@@H]2c3ccsc3CCN2C(=O)CN(C(=O)c2ccccc2F)C(C)C)c1. The average Bonchev–Trinajstić information content (AvgIpc) is 3.34. The molecule has 184 valence electrons. The highest BCUT2D eigenvalue weighted by atomic mass is 32.1. The number of carbonyl (C=O) groups is 2. The summed E-state index contributed by atoms with van der Waals surface area (Å²) in [6.07, 6.45) is 0.747. The highest BCUT2D eigenvalue weighted by Gasteiger charge is 2.34. The van der Waals surface area contributed by atoms with Crippen molar-refractivity contribution in [2.45, 2.75) is 32.4 Å². The van der Waals surface area contributed by atoms with E-state index >= 15 is 0 Å². The minimum atomic E-state index is -0.596. The quantitative estimate of drug-likeness (QED) is 0.443. The zero-order valence-electron chi connectivity index (χ0n) is 20.1. The Labute approximate surface area is 208 Å². The number of amides is 2. The maximum Gasteiger partial charge on any atom is 0.257 e. The smallest absolute Gasteiger partial charge is 0.257 e. The van der Waals surface area contributed by atoms with Gasteiger partial charge < -0.3 is 19.3 Å². The molecular formula is C27H29FN2O4S. The number of hydrogen-bond donors (Lipinski definition) is 0. The van der Waals surface area contributed by atoms with Crippen LogP contribution in [0.5, 0.6) is 11.5 Å². The van der Waals surface area contributed by atoms with E-state index in [2.05, 4.69) is 0 Å². The lowest BCUT2D eigenvalue weighted by Crippen LogP contribution is -2.49. The van der Waals surface area contributed by atoms with Crippen LogP contribution in [0.2, 0.25) is 0 Å². The third-order valence-electron chi connectivity index (χ3n) is 6.16. The molecule has 0 aliphatic carbocycles. The van der Waals surface area contributed by atoms with E-state index in [0.717, 1.165) is 12.0 Å². The molecule has 0 fully saturated rings. The standard InChI is InChI=1S/C27H29FN2O4S/c1-18(2)30(27(32)21-9-4-5-10-23(21)28)16-26(31)29-13-11-25-22(12-14-35-25)24(29)17-34-20-8-6-7-19(15-20)33-3/h4-10,12,14-15,18,24H,11,13,16-17H2,1-3H3/t24-/m1/s1. The molecule has 0 saturated heterocycles. The third-order valence-corrected chi connectivity index (χ3v) is 7.15. The molecule has 35 heavy (non-hydrogen) atoms. The summed E-state index contributed by atoms with van der Waals surface area (Å²) < 4.78 is 25.7. The van der Waals surface area contributed by atoms with Crippen LogP contribution >= 0.6 is 11.3 Å². The zero-order chi connectivity index (χ0) is 24.9. The molecule has 3 aromatic rings. The molecule has 0 bridgehead atoms. The van der Waals surface area contributed by atoms with Crippen LogP contribution < -0.4 is 9.47 Å². The van der Waals surface area contributed by atoms with Gasteiger partial charge >= 0.3 is 0 Å². The Bertz CT molecular complexity index is 1200. The fraction of sp³-hybridized carbons (Fsp3) is 0.333. The topological polar surface area (TPSA) is 59.1 Å². The molecule has 0 N–H and O–H groups in total. The number of benzene rings is 2. The number of rotatable bonds is 8. The monoisotopic (exact) mass is 496 g/mol. The van der Waals surface area contributed by atoms with Gasteiger partial charge in [0.1, 0.15) is 30.5 Å². The van der Waals surface area contributed by atoms with Crippen LogP contribution in [0.1, 0.15) is 40.7 Å². The molecule has 4 rings (SSSR count). The summed E-state index contributed by atoms with van der Waals surface area (Å²) in [6, 6.07) is 14.7. The summed E-state index contributed by atoms with van der Waals surface area (Å²) >= 11 is 1.67. The fourth-order valence-electron chi connectivity index (χ4n) is 4.26. The Morgan fingerprint density at radius 3 is 2.66 bits per heavy atom. The van der Waals surface area contributed by atoms with Gasteiger partial charge in [-0.2, -0.15) is 0 Å². The fourth-order valence-corrected chi connectivity index (χ4v) is 5.18. The Morgan fingerprint density at radius 2 is 1.91 bits per heavy atom. The lowest BCUT2D eigenvalue weighted by Gasteiger charge is -2.37. The number of carbonyl (C=O) groups excluding carboxylic acids is 2. The highest BCUT2D eigenvalue weighted by Crippen LogP contribution is 2.34. The first-order valence-corrected chi connectivity index (χ1v) is 12.4. The van der Waals surface area contributed by atoms with E-state index in [-0.39, 0.29) is 36.7 Å². The van der Waals surface area contributed by atoms with Crippen molar-refractivity contribution in [3.8, 4) is 11.5 Å². The number of methoxy groups -OCH3 is 1. The van der Waals surface area contributed by atoms with Crippen LogP contribution in [0, 0.1) is 5.82 Å². The van der Waals surface area contributed by atoms with Crippen molar-refractivity contribution in [1.82, 2.24) is 9.80 Å². The molecule has 1 atom stereocenters. The molecule has 0 saturated carbocycles. The number of hydrogen-bond acceptors (Lipinski definition) is 5. The summed E-state index contributed by atoms with van der Waals surface area (Å²) in [5.41, 5.74) is 1.03. The number of fused-ring (bicyclic) bond motifs is 1. The molecule has 2 heterocycles. The molecule has 1 aliphatic heterocycles. The second kappa shape index (κ2) is 10.9. The van der Waals surface area contributed by atoms with Crippen LogP contribution in [-0.4, -0.2) is 54.5 Å². The summed E-state index contributed by atoms with van der Waals surface area (Å²) in [7, 11) is 1.60. The Morgan fingerprint density at radius 1 is 1.14 bits per heavy atom. The van der Waals surface area contributed by atoms with E-state index in [1.165, 1.54) is 28.0 Å². The van der Waals surface area contributed by atoms with Crippen molar-refractivity contribution in [2.24, 2.45) is 0 Å². The minimum absolute atomic E-state index is 0.0364. The largest absolute Gasteiger partial charge is 0.497 e. The van der Waals surface area contributed by atoms with E-state index < -0.39 is 11.7 Å². The summed E-state index contributed by atoms with van der Waals surface area (Å²) in [6.45, 7) is 4.30. The summed E-state index contributed by atoms with van der Waals surface area (Å²) in [5, 5.41) is 2.03. The summed E-state index contributed by atoms with van der Waals surface area (Å²) in [4.78, 5) is 31.1. The van der Waals surface area contributed by atoms with Crippen LogP contribution in [0.3, 0.4) is 0 Å². The van der Waals surface area contributed by atoms with Crippen molar-refractivity contribution in [3.05, 3.63) is 81.8 Å². The number of thiophene rings is 1. The van der Waals surface area contributed by atoms with Gasteiger partial charge in [0.05, 0.1) is 18.7 Å². The second-order valence-corrected chi connectivity index (χ2v) is 9.65. The maximum absolute atomic E-state index is 14.3. The van der Waals surface area contributed by atoms with Crippen LogP contribution in [0.15, 0.2) is 60.0 Å². The van der Waals surface area contributed by atoms with Crippen molar-refractivity contribution in [1.29, 1.82) is 0 Å². The van der Waals surface area contributed by atoms with E-state index in [4.69, 9.17) is 9.47 Å². The Kier molecular flexibility index (Phi) is 7.70. The number of nitrogens with zero attached hydrogens (tertiary/aromatic N) is 2. The van der Waals surface area contributed by atoms with Gasteiger partial charge in [0.2, 0.25) is 5.91 Å². The lowest BCUT2D eigenvalue weighted by atomic mass is 10.00. The van der Waals surface area contributed by atoms with Gasteiger partial charge in [-0.3, -0.25) is 9.59 Å². The predicted octanol–water partition coefficient (Wildman–Crippen LogP) is 4.95. The normalized spacial score (nSPS) is 15.0. The predicted molar refractivity (Wildman–Crippen MR) is 134 cm³/mol. The first-order valence-electron chi connectivity index (χ1n) is 11.6. The molecule has 0 radical (unpaired) electrons. The number of ether oxygens (including phenoxy) is 2. The van der Waals surface area contributed by atoms with E-state index in [9.17, 15) is 14.0 Å². The van der Waals surface area contributed by atoms with Crippen molar-refractivity contribution in [2.75, 3.05) is 26.8 Å². The third kappa shape index (κ3) is 5.48. The molecule has 1 aliphatic rings. The Balaban J connectivity index is 1.54. The van der Waals surface area contributed by atoms with Crippen molar-refractivity contribution < 1.29 is 23.5 Å². The van der Waals surface area contributed by atoms with E-state index in [0.29, 0.717) is 18.0 Å². The van der Waals surface area contributed by atoms with Gasteiger partial charge in [-0.05, 0) is 61.5 Å². The molecule has 0 unspecified atom stereocenters. The minimum Gasteiger partial charge on any atom is -0.497 e. The highest BCUT2D eigenvalue weighted by molar-refractivity contribution is 7.10. The molecule has 0 spiro atoms. The molecule has 2 aromatic carbocycles. The van der Waals surface area contributed by atoms with E-state index in [1.54, 1.807) is 35.5 Å². The lowest BCUT2D eigenvalue weighted by molar-refractivity contribution is -0.136. The zero-order valence-corrected chi connectivity index (χ0v) is 20.9. The average molecular weight is 497 g/mol. The first kappa shape index (κ1) is 24.7. The van der Waals surface area contributed by atoms with Crippen LogP contribution in [0.4, 0.5) is 4.39 Å². The van der Waals surface area contributed by atoms with Gasteiger partial charge in [0, 0.05) is 23.5 Å². The molecule has 1 aromatic heterocycles. The number of halogens is 1. The van der Waals surface area contributed by atoms with Gasteiger partial charge in [0.25, 0.3) is 5.91 Å². The molecular weight excluding hydrogens is 467 g/mol. The Hall–Kier alpha value is -3.39. The maximum atomic E-state index is 14.3. The molecule has 6 nitrogen and oxygen atoms in total. The van der Waals surface area contributed by atoms with Gasteiger partial charge in [-0.1, -0.05) is 18.2 Å².